The molecule has 1 unspecified atom stereocenters. The molecule has 0 radical (unpaired) electrons. The molecule has 8 nitrogen and oxygen atoms in total. The Hall–Kier alpha value is -2.12. The fraction of sp³-hybridized carbons (Fsp3) is 0.480. The zero-order valence-electron chi connectivity index (χ0n) is 21.0. The zero-order valence-corrected chi connectivity index (χ0v) is 23.4. The number of rotatable bonds is 7. The third-order valence-electron chi connectivity index (χ3n) is 7.90. The highest BCUT2D eigenvalue weighted by Crippen LogP contribution is 2.54. The molecule has 38 heavy (non-hydrogen) atoms. The third-order valence-corrected chi connectivity index (χ3v) is 11.2. The summed E-state index contributed by atoms with van der Waals surface area (Å²) in [6, 6.07) is 5.85. The van der Waals surface area contributed by atoms with Gasteiger partial charge in [-0.1, -0.05) is 18.5 Å². The van der Waals surface area contributed by atoms with Gasteiger partial charge in [0.1, 0.15) is 0 Å². The molecule has 2 aromatic carbocycles. The minimum absolute atomic E-state index is 0.0292. The number of hydrogen-bond donors (Lipinski definition) is 3. The van der Waals surface area contributed by atoms with Crippen molar-refractivity contribution in [2.24, 2.45) is 17.8 Å². The fourth-order valence-corrected chi connectivity index (χ4v) is 8.72. The summed E-state index contributed by atoms with van der Waals surface area (Å²) < 4.78 is 80.4. The molecule has 5 atom stereocenters. The zero-order chi connectivity index (χ0) is 28.2. The van der Waals surface area contributed by atoms with Crippen molar-refractivity contribution < 1.29 is 35.5 Å². The molecule has 0 heterocycles. The molecular weight excluding hydrogens is 562 g/mol. The molecule has 208 valence electrons. The number of aliphatic hydroxyl groups is 1. The Kier molecular flexibility index (Phi) is 7.69. The number of nitrogens with one attached hydrogen (secondary N) is 2. The first-order valence-corrected chi connectivity index (χ1v) is 15.8. The molecule has 2 bridgehead atoms. The molecule has 3 N–H and O–H groups in total. The molecule has 2 fully saturated rings. The number of amides is 1. The van der Waals surface area contributed by atoms with Crippen LogP contribution in [0.5, 0.6) is 0 Å². The summed E-state index contributed by atoms with van der Waals surface area (Å²) in [6.07, 6.45) is 1.74. The van der Waals surface area contributed by atoms with Gasteiger partial charge in [-0.3, -0.25) is 4.79 Å². The van der Waals surface area contributed by atoms with Gasteiger partial charge in [0.05, 0.1) is 27.0 Å². The Labute approximate surface area is 225 Å². The number of carbonyl (C=O) groups excluding carboxylic acids is 1. The maximum atomic E-state index is 13.9. The Morgan fingerprint density at radius 1 is 1.13 bits per heavy atom. The molecule has 2 aliphatic carbocycles. The second-order valence-corrected chi connectivity index (χ2v) is 14.8. The summed E-state index contributed by atoms with van der Waals surface area (Å²) >= 11 is 6.27. The first kappa shape index (κ1) is 28.9. The molecular formula is C25H29ClF2N2O6S2. The molecule has 0 aromatic heterocycles. The van der Waals surface area contributed by atoms with Crippen LogP contribution in [0.15, 0.2) is 35.2 Å². The first-order valence-electron chi connectivity index (χ1n) is 12.0. The van der Waals surface area contributed by atoms with E-state index < -0.39 is 60.1 Å². The van der Waals surface area contributed by atoms with Gasteiger partial charge in [-0.05, 0) is 74.3 Å². The summed E-state index contributed by atoms with van der Waals surface area (Å²) in [7, 11) is -7.61. The molecule has 4 rings (SSSR count). The van der Waals surface area contributed by atoms with Gasteiger partial charge >= 0.3 is 0 Å². The van der Waals surface area contributed by atoms with E-state index in [1.54, 1.807) is 0 Å². The number of halogens is 3. The maximum Gasteiger partial charge on any atom is 0.255 e. The normalized spacial score (nSPS) is 27.3. The van der Waals surface area contributed by atoms with E-state index >= 15 is 0 Å². The smallest absolute Gasteiger partial charge is 0.255 e. The van der Waals surface area contributed by atoms with Crippen molar-refractivity contribution in [3.05, 3.63) is 58.1 Å². The average Bonchev–Trinajstić information content (AvgIpc) is 2.95. The van der Waals surface area contributed by atoms with E-state index in [1.807, 2.05) is 6.92 Å². The summed E-state index contributed by atoms with van der Waals surface area (Å²) in [6.45, 7) is 3.01. The summed E-state index contributed by atoms with van der Waals surface area (Å²) in [4.78, 5) is 12.6. The Morgan fingerprint density at radius 3 is 2.45 bits per heavy atom. The fourth-order valence-electron chi connectivity index (χ4n) is 5.85. The number of anilines is 1. The lowest BCUT2D eigenvalue weighted by Gasteiger charge is -2.43. The lowest BCUT2D eigenvalue weighted by molar-refractivity contribution is -0.0576. The van der Waals surface area contributed by atoms with Crippen LogP contribution in [0.1, 0.15) is 42.1 Å². The van der Waals surface area contributed by atoms with E-state index in [9.17, 15) is 35.5 Å². The molecule has 2 saturated carbocycles. The van der Waals surface area contributed by atoms with Crippen molar-refractivity contribution in [1.82, 2.24) is 4.72 Å². The molecule has 0 spiro atoms. The quantitative estimate of drug-likeness (QED) is 0.451. The molecule has 2 aliphatic rings. The summed E-state index contributed by atoms with van der Waals surface area (Å²) in [5.41, 5.74) is -1.49. The van der Waals surface area contributed by atoms with Gasteiger partial charge in [0.15, 0.2) is 21.5 Å². The van der Waals surface area contributed by atoms with Gasteiger partial charge in [0, 0.05) is 23.4 Å². The van der Waals surface area contributed by atoms with Crippen molar-refractivity contribution in [3.63, 3.8) is 0 Å². The lowest BCUT2D eigenvalue weighted by Crippen LogP contribution is -2.55. The van der Waals surface area contributed by atoms with Crippen LogP contribution in [0.4, 0.5) is 14.5 Å². The molecule has 0 saturated heterocycles. The van der Waals surface area contributed by atoms with Crippen LogP contribution in [0.25, 0.3) is 0 Å². The highest BCUT2D eigenvalue weighted by Gasteiger charge is 2.58. The first-order chi connectivity index (χ1) is 17.5. The second kappa shape index (κ2) is 10.1. The monoisotopic (exact) mass is 590 g/mol. The van der Waals surface area contributed by atoms with E-state index in [4.69, 9.17) is 11.6 Å². The Morgan fingerprint density at radius 2 is 1.82 bits per heavy atom. The predicted molar refractivity (Wildman–Crippen MR) is 139 cm³/mol. The van der Waals surface area contributed by atoms with E-state index in [1.165, 1.54) is 25.1 Å². The largest absolute Gasteiger partial charge is 0.388 e. The topological polar surface area (TPSA) is 130 Å². The van der Waals surface area contributed by atoms with Crippen LogP contribution in [-0.2, 0) is 19.9 Å². The van der Waals surface area contributed by atoms with Crippen LogP contribution in [0.2, 0.25) is 5.02 Å². The van der Waals surface area contributed by atoms with Crippen molar-refractivity contribution in [3.8, 4) is 0 Å². The number of fused-ring (bicyclic) bond motifs is 2. The molecule has 0 aliphatic heterocycles. The number of sulfonamides is 1. The minimum Gasteiger partial charge on any atom is -0.388 e. The lowest BCUT2D eigenvalue weighted by atomic mass is 9.73. The molecule has 2 aromatic rings. The number of sulfone groups is 1. The standard InChI is InChI=1S/C25H29ClF2N2O6S2/c1-13-8-16-10-17(11-18(13)25(16,32)12-29-37(3,33)34)38(35,36)22-9-15(4-5-19(22)26)24(31)30-21-7-6-20(27)23(28)14(21)2/h4-7,9,13,16-18,29,32H,8,10-12H2,1-3H3,(H,30,31)/t13-,16?,17+,18+,25+/m0/s1. The Bertz CT molecular complexity index is 1500. The predicted octanol–water partition coefficient (Wildman–Crippen LogP) is 3.67. The SMILES string of the molecule is Cc1c(NC(=O)c2ccc(Cl)c(S(=O)(=O)[C@@H]3CC4C[C@H](C)[C@@H](C3)[C@@]4(O)CNS(C)(=O)=O)c2)ccc(F)c1F. The summed E-state index contributed by atoms with van der Waals surface area (Å²) in [5, 5.41) is 12.9. The van der Waals surface area contributed by atoms with Crippen LogP contribution in [0, 0.1) is 36.3 Å². The van der Waals surface area contributed by atoms with Crippen molar-refractivity contribution in [2.75, 3.05) is 18.1 Å². The van der Waals surface area contributed by atoms with Crippen molar-refractivity contribution in [2.45, 2.75) is 48.9 Å². The van der Waals surface area contributed by atoms with Gasteiger partial charge in [-0.25, -0.2) is 30.3 Å². The maximum absolute atomic E-state index is 13.9. The van der Waals surface area contributed by atoms with E-state index in [-0.39, 0.29) is 52.0 Å². The van der Waals surface area contributed by atoms with Crippen LogP contribution >= 0.6 is 11.6 Å². The highest BCUT2D eigenvalue weighted by atomic mass is 35.5. The average molecular weight is 591 g/mol. The van der Waals surface area contributed by atoms with Crippen LogP contribution < -0.4 is 10.0 Å². The van der Waals surface area contributed by atoms with E-state index in [0.29, 0.717) is 6.42 Å². The third kappa shape index (κ3) is 5.33. The van der Waals surface area contributed by atoms with Crippen molar-refractivity contribution >= 4 is 43.1 Å². The molecule has 13 heteroatoms. The van der Waals surface area contributed by atoms with E-state index in [2.05, 4.69) is 10.0 Å². The Balaban J connectivity index is 1.59. The van der Waals surface area contributed by atoms with Crippen LogP contribution in [-0.4, -0.2) is 51.5 Å². The van der Waals surface area contributed by atoms with E-state index in [0.717, 1.165) is 18.4 Å². The van der Waals surface area contributed by atoms with Gasteiger partial charge in [-0.2, -0.15) is 0 Å². The van der Waals surface area contributed by atoms with Gasteiger partial charge in [0.2, 0.25) is 10.0 Å². The summed E-state index contributed by atoms with van der Waals surface area (Å²) in [5.74, 6) is -3.84. The van der Waals surface area contributed by atoms with Gasteiger partial charge < -0.3 is 10.4 Å². The minimum atomic E-state index is -4.06. The van der Waals surface area contributed by atoms with Gasteiger partial charge in [0.25, 0.3) is 5.91 Å². The number of benzene rings is 2. The highest BCUT2D eigenvalue weighted by molar-refractivity contribution is 7.92. The molecule has 1 amide bonds. The van der Waals surface area contributed by atoms with Crippen LogP contribution in [0.3, 0.4) is 0 Å². The number of hydrogen-bond acceptors (Lipinski definition) is 6. The van der Waals surface area contributed by atoms with Crippen molar-refractivity contribution in [1.29, 1.82) is 0 Å². The number of carbonyl (C=O) groups is 1. The second-order valence-electron chi connectivity index (χ2n) is 10.4. The van der Waals surface area contributed by atoms with Gasteiger partial charge in [-0.15, -0.1) is 0 Å².